The van der Waals surface area contributed by atoms with Crippen LogP contribution in [0.2, 0.25) is 0 Å². The lowest BCUT2D eigenvalue weighted by Crippen LogP contribution is -2.06. The van der Waals surface area contributed by atoms with Gasteiger partial charge in [0.1, 0.15) is 5.75 Å². The highest BCUT2D eigenvalue weighted by atomic mass is 79.9. The van der Waals surface area contributed by atoms with Gasteiger partial charge in [-0.1, -0.05) is 22.0 Å². The van der Waals surface area contributed by atoms with Crippen LogP contribution in [-0.2, 0) is 6.42 Å². The number of pyridine rings is 1. The summed E-state index contributed by atoms with van der Waals surface area (Å²) in [5.74, 6) is 0.871. The summed E-state index contributed by atoms with van der Waals surface area (Å²) < 4.78 is 6.76. The summed E-state index contributed by atoms with van der Waals surface area (Å²) >= 11 is 3.53. The second kappa shape index (κ2) is 7.41. The lowest BCUT2D eigenvalue weighted by atomic mass is 10.1. The Balaban J connectivity index is 1.81. The van der Waals surface area contributed by atoms with Crippen molar-refractivity contribution in [3.63, 3.8) is 0 Å². The Labute approximate surface area is 128 Å². The fourth-order valence-electron chi connectivity index (χ4n) is 1.98. The summed E-state index contributed by atoms with van der Waals surface area (Å²) in [6.45, 7) is 2.67. The standard InChI is InChI=1S/C16H19BrN2O/c1-12(18)15-5-4-14(11-16(15)17)20-10-2-3-13-6-8-19-9-7-13/h4-9,11-12H,2-3,10,18H2,1H3/t12-/m1/s1. The Morgan fingerprint density at radius 2 is 2.00 bits per heavy atom. The third-order valence-corrected chi connectivity index (χ3v) is 3.78. The minimum absolute atomic E-state index is 0.0186. The minimum Gasteiger partial charge on any atom is -0.494 e. The van der Waals surface area contributed by atoms with Crippen LogP contribution in [0.5, 0.6) is 5.75 Å². The second-order valence-corrected chi connectivity index (χ2v) is 5.63. The van der Waals surface area contributed by atoms with Crippen LogP contribution in [0.4, 0.5) is 0 Å². The van der Waals surface area contributed by atoms with E-state index in [1.807, 2.05) is 49.6 Å². The number of aryl methyl sites for hydroxylation is 1. The average molecular weight is 335 g/mol. The van der Waals surface area contributed by atoms with Gasteiger partial charge in [0.05, 0.1) is 6.61 Å². The first kappa shape index (κ1) is 15.0. The van der Waals surface area contributed by atoms with Crippen LogP contribution in [0.1, 0.15) is 30.5 Å². The SMILES string of the molecule is C[C@@H](N)c1ccc(OCCCc2ccncc2)cc1Br. The second-order valence-electron chi connectivity index (χ2n) is 4.78. The maximum atomic E-state index is 5.87. The predicted molar refractivity (Wildman–Crippen MR) is 84.8 cm³/mol. The quantitative estimate of drug-likeness (QED) is 0.815. The van der Waals surface area contributed by atoms with E-state index in [-0.39, 0.29) is 6.04 Å². The molecule has 1 aromatic heterocycles. The molecule has 20 heavy (non-hydrogen) atoms. The van der Waals surface area contributed by atoms with E-state index in [1.165, 1.54) is 5.56 Å². The molecule has 0 saturated carbocycles. The monoisotopic (exact) mass is 334 g/mol. The topological polar surface area (TPSA) is 48.1 Å². The van der Waals surface area contributed by atoms with Gasteiger partial charge < -0.3 is 10.5 Å². The number of halogens is 1. The van der Waals surface area contributed by atoms with Crippen molar-refractivity contribution in [3.8, 4) is 5.75 Å². The first-order valence-electron chi connectivity index (χ1n) is 6.73. The highest BCUT2D eigenvalue weighted by Gasteiger charge is 2.06. The minimum atomic E-state index is 0.0186. The maximum Gasteiger partial charge on any atom is 0.120 e. The van der Waals surface area contributed by atoms with Crippen molar-refractivity contribution in [2.45, 2.75) is 25.8 Å². The smallest absolute Gasteiger partial charge is 0.120 e. The fraction of sp³-hybridized carbons (Fsp3) is 0.312. The Bertz CT molecular complexity index is 543. The lowest BCUT2D eigenvalue weighted by Gasteiger charge is -2.11. The molecule has 1 aromatic carbocycles. The fourth-order valence-corrected chi connectivity index (χ4v) is 2.70. The van der Waals surface area contributed by atoms with Gasteiger partial charge in [-0.25, -0.2) is 0 Å². The van der Waals surface area contributed by atoms with E-state index in [9.17, 15) is 0 Å². The van der Waals surface area contributed by atoms with Crippen molar-refractivity contribution in [2.75, 3.05) is 6.61 Å². The van der Waals surface area contributed by atoms with Crippen LogP contribution in [0, 0.1) is 0 Å². The molecule has 0 unspecified atom stereocenters. The van der Waals surface area contributed by atoms with Crippen LogP contribution in [0.25, 0.3) is 0 Å². The van der Waals surface area contributed by atoms with Crippen LogP contribution >= 0.6 is 15.9 Å². The molecule has 3 nitrogen and oxygen atoms in total. The summed E-state index contributed by atoms with van der Waals surface area (Å²) in [5, 5.41) is 0. The van der Waals surface area contributed by atoms with Gasteiger partial charge in [-0.05, 0) is 55.2 Å². The molecule has 0 spiro atoms. The van der Waals surface area contributed by atoms with Gasteiger partial charge in [0.2, 0.25) is 0 Å². The molecular weight excluding hydrogens is 316 g/mol. The van der Waals surface area contributed by atoms with E-state index in [4.69, 9.17) is 10.5 Å². The summed E-state index contributed by atoms with van der Waals surface area (Å²) in [4.78, 5) is 4.01. The number of hydrogen-bond acceptors (Lipinski definition) is 3. The molecule has 0 amide bonds. The van der Waals surface area contributed by atoms with Crippen LogP contribution in [0.3, 0.4) is 0 Å². The molecule has 106 valence electrons. The van der Waals surface area contributed by atoms with Crippen LogP contribution in [0.15, 0.2) is 47.2 Å². The molecule has 0 radical (unpaired) electrons. The zero-order valence-corrected chi connectivity index (χ0v) is 13.1. The van der Waals surface area contributed by atoms with Gasteiger partial charge in [0.25, 0.3) is 0 Å². The molecule has 0 saturated heterocycles. The number of hydrogen-bond donors (Lipinski definition) is 1. The van der Waals surface area contributed by atoms with Crippen molar-refractivity contribution in [1.82, 2.24) is 4.98 Å². The Hall–Kier alpha value is -1.39. The lowest BCUT2D eigenvalue weighted by molar-refractivity contribution is 0.310. The number of nitrogens with two attached hydrogens (primary N) is 1. The third-order valence-electron chi connectivity index (χ3n) is 3.09. The molecule has 0 aliphatic heterocycles. The predicted octanol–water partition coefficient (Wildman–Crippen LogP) is 3.88. The number of rotatable bonds is 6. The van der Waals surface area contributed by atoms with Gasteiger partial charge in [-0.15, -0.1) is 0 Å². The van der Waals surface area contributed by atoms with Crippen molar-refractivity contribution < 1.29 is 4.74 Å². The van der Waals surface area contributed by atoms with E-state index in [0.29, 0.717) is 6.61 Å². The average Bonchev–Trinajstić information content (AvgIpc) is 2.44. The van der Waals surface area contributed by atoms with Crippen LogP contribution < -0.4 is 10.5 Å². The van der Waals surface area contributed by atoms with Crippen molar-refractivity contribution >= 4 is 15.9 Å². The summed E-state index contributed by atoms with van der Waals surface area (Å²) in [7, 11) is 0. The van der Waals surface area contributed by atoms with E-state index < -0.39 is 0 Å². The van der Waals surface area contributed by atoms with Gasteiger partial charge in [-0.2, -0.15) is 0 Å². The van der Waals surface area contributed by atoms with Gasteiger partial charge >= 0.3 is 0 Å². The van der Waals surface area contributed by atoms with Gasteiger partial charge in [0.15, 0.2) is 0 Å². The largest absolute Gasteiger partial charge is 0.494 e. The van der Waals surface area contributed by atoms with Gasteiger partial charge in [-0.3, -0.25) is 4.98 Å². The molecular formula is C16H19BrN2O. The highest BCUT2D eigenvalue weighted by Crippen LogP contribution is 2.26. The van der Waals surface area contributed by atoms with Crippen LogP contribution in [-0.4, -0.2) is 11.6 Å². The van der Waals surface area contributed by atoms with Gasteiger partial charge in [0, 0.05) is 22.9 Å². The first-order valence-corrected chi connectivity index (χ1v) is 7.53. The molecule has 2 aromatic rings. The zero-order chi connectivity index (χ0) is 14.4. The van der Waals surface area contributed by atoms with E-state index >= 15 is 0 Å². The number of aromatic nitrogens is 1. The Kier molecular flexibility index (Phi) is 5.56. The maximum absolute atomic E-state index is 5.87. The normalized spacial score (nSPS) is 12.2. The molecule has 4 heteroatoms. The first-order chi connectivity index (χ1) is 9.66. The molecule has 0 fully saturated rings. The Morgan fingerprint density at radius 3 is 2.65 bits per heavy atom. The summed E-state index contributed by atoms with van der Waals surface area (Å²) in [6, 6.07) is 10.0. The molecule has 0 aliphatic carbocycles. The van der Waals surface area contributed by atoms with E-state index in [1.54, 1.807) is 0 Å². The van der Waals surface area contributed by atoms with E-state index in [0.717, 1.165) is 28.6 Å². The molecule has 2 N–H and O–H groups in total. The molecule has 2 rings (SSSR count). The summed E-state index contributed by atoms with van der Waals surface area (Å²) in [6.07, 6.45) is 5.62. The molecule has 1 atom stereocenters. The third kappa shape index (κ3) is 4.32. The number of nitrogens with zero attached hydrogens (tertiary/aromatic N) is 1. The molecule has 1 heterocycles. The zero-order valence-electron chi connectivity index (χ0n) is 11.6. The molecule has 0 bridgehead atoms. The molecule has 0 aliphatic rings. The number of benzene rings is 1. The van der Waals surface area contributed by atoms with E-state index in [2.05, 4.69) is 20.9 Å². The Morgan fingerprint density at radius 1 is 1.25 bits per heavy atom. The number of ether oxygens (including phenoxy) is 1. The van der Waals surface area contributed by atoms with Crippen molar-refractivity contribution in [2.24, 2.45) is 5.73 Å². The highest BCUT2D eigenvalue weighted by molar-refractivity contribution is 9.10. The van der Waals surface area contributed by atoms with Crippen molar-refractivity contribution in [3.05, 3.63) is 58.3 Å². The van der Waals surface area contributed by atoms with Crippen molar-refractivity contribution in [1.29, 1.82) is 0 Å². The summed E-state index contributed by atoms with van der Waals surface area (Å²) in [5.41, 5.74) is 8.26.